The molecule has 0 spiro atoms. The minimum atomic E-state index is -0.115. The molecule has 2 rings (SSSR count). The number of aromatic amines is 1. The Bertz CT molecular complexity index is 542. The fraction of sp³-hybridized carbons (Fsp3) is 0.0833. The van der Waals surface area contributed by atoms with Crippen LogP contribution in [0.25, 0.3) is 10.9 Å². The Morgan fingerprint density at radius 2 is 2.38 bits per heavy atom. The molecule has 4 heteroatoms. The standard InChI is InChI=1S/C12H13N3O/c1-2-5-14-12(16)10-7-15-11-6-8(13)3-4-9(10)11/h2-4,6-7,15H,1,5,13H2,(H,14,16). The van der Waals surface area contributed by atoms with Crippen LogP contribution in [-0.2, 0) is 0 Å². The topological polar surface area (TPSA) is 70.9 Å². The second-order valence-corrected chi connectivity index (χ2v) is 3.51. The van der Waals surface area contributed by atoms with Gasteiger partial charge in [-0.05, 0) is 18.2 Å². The minimum Gasteiger partial charge on any atom is -0.399 e. The highest BCUT2D eigenvalue weighted by molar-refractivity contribution is 6.07. The van der Waals surface area contributed by atoms with Crippen molar-refractivity contribution in [1.82, 2.24) is 10.3 Å². The molecule has 1 heterocycles. The molecule has 82 valence electrons. The normalized spacial score (nSPS) is 10.2. The van der Waals surface area contributed by atoms with E-state index in [-0.39, 0.29) is 5.91 Å². The predicted octanol–water partition coefficient (Wildman–Crippen LogP) is 1.67. The summed E-state index contributed by atoms with van der Waals surface area (Å²) >= 11 is 0. The first-order chi connectivity index (χ1) is 7.72. The van der Waals surface area contributed by atoms with Crippen LogP contribution in [0.15, 0.2) is 37.1 Å². The number of anilines is 1. The third-order valence-corrected chi connectivity index (χ3v) is 2.36. The van der Waals surface area contributed by atoms with Gasteiger partial charge in [0.2, 0.25) is 0 Å². The van der Waals surface area contributed by atoms with Crippen LogP contribution in [0.2, 0.25) is 0 Å². The van der Waals surface area contributed by atoms with Crippen molar-refractivity contribution in [1.29, 1.82) is 0 Å². The summed E-state index contributed by atoms with van der Waals surface area (Å²) in [5.41, 5.74) is 7.82. The number of rotatable bonds is 3. The van der Waals surface area contributed by atoms with Crippen molar-refractivity contribution < 1.29 is 4.79 Å². The lowest BCUT2D eigenvalue weighted by Crippen LogP contribution is -2.22. The number of fused-ring (bicyclic) bond motifs is 1. The van der Waals surface area contributed by atoms with Crippen molar-refractivity contribution >= 4 is 22.5 Å². The first kappa shape index (κ1) is 10.3. The minimum absolute atomic E-state index is 0.115. The molecular weight excluding hydrogens is 202 g/mol. The molecule has 2 aromatic rings. The predicted molar refractivity (Wildman–Crippen MR) is 65.2 cm³/mol. The highest BCUT2D eigenvalue weighted by Crippen LogP contribution is 2.20. The monoisotopic (exact) mass is 215 g/mol. The SMILES string of the molecule is C=CCNC(=O)c1c[nH]c2cc(N)ccc12. The van der Waals surface area contributed by atoms with Crippen molar-refractivity contribution in [3.05, 3.63) is 42.6 Å². The molecule has 0 atom stereocenters. The maximum atomic E-state index is 11.8. The van der Waals surface area contributed by atoms with Crippen LogP contribution in [-0.4, -0.2) is 17.4 Å². The van der Waals surface area contributed by atoms with Crippen molar-refractivity contribution in [2.75, 3.05) is 12.3 Å². The number of benzene rings is 1. The van der Waals surface area contributed by atoms with Gasteiger partial charge in [-0.1, -0.05) is 6.08 Å². The van der Waals surface area contributed by atoms with Crippen LogP contribution < -0.4 is 11.1 Å². The summed E-state index contributed by atoms with van der Waals surface area (Å²) < 4.78 is 0. The number of hydrogen-bond donors (Lipinski definition) is 3. The lowest BCUT2D eigenvalue weighted by Gasteiger charge is -2.00. The Kier molecular flexibility index (Phi) is 2.64. The molecule has 0 radical (unpaired) electrons. The quantitative estimate of drug-likeness (QED) is 0.538. The van der Waals surface area contributed by atoms with Gasteiger partial charge in [0.25, 0.3) is 5.91 Å². The smallest absolute Gasteiger partial charge is 0.253 e. The number of nitrogens with one attached hydrogen (secondary N) is 2. The molecule has 4 N–H and O–H groups in total. The molecular formula is C12H13N3O. The molecule has 0 aliphatic carbocycles. The first-order valence-corrected chi connectivity index (χ1v) is 4.98. The van der Waals surface area contributed by atoms with Gasteiger partial charge in [-0.15, -0.1) is 6.58 Å². The number of H-pyrrole nitrogens is 1. The highest BCUT2D eigenvalue weighted by atomic mass is 16.1. The molecule has 0 saturated heterocycles. The molecule has 0 fully saturated rings. The van der Waals surface area contributed by atoms with Gasteiger partial charge in [0.15, 0.2) is 0 Å². The molecule has 1 amide bonds. The Morgan fingerprint density at radius 3 is 3.12 bits per heavy atom. The van der Waals surface area contributed by atoms with Crippen LogP contribution in [0.5, 0.6) is 0 Å². The van der Waals surface area contributed by atoms with Gasteiger partial charge in [0, 0.05) is 29.3 Å². The zero-order chi connectivity index (χ0) is 11.5. The fourth-order valence-electron chi connectivity index (χ4n) is 1.59. The summed E-state index contributed by atoms with van der Waals surface area (Å²) in [6.45, 7) is 4.01. The molecule has 16 heavy (non-hydrogen) atoms. The second kappa shape index (κ2) is 4.10. The van der Waals surface area contributed by atoms with Gasteiger partial charge >= 0.3 is 0 Å². The average molecular weight is 215 g/mol. The van der Waals surface area contributed by atoms with Crippen molar-refractivity contribution in [2.24, 2.45) is 0 Å². The average Bonchev–Trinajstić information content (AvgIpc) is 2.68. The molecule has 1 aromatic heterocycles. The van der Waals surface area contributed by atoms with Gasteiger partial charge in [-0.2, -0.15) is 0 Å². The summed E-state index contributed by atoms with van der Waals surface area (Å²) in [7, 11) is 0. The summed E-state index contributed by atoms with van der Waals surface area (Å²) in [4.78, 5) is 14.8. The highest BCUT2D eigenvalue weighted by Gasteiger charge is 2.10. The zero-order valence-corrected chi connectivity index (χ0v) is 8.79. The van der Waals surface area contributed by atoms with E-state index in [1.807, 2.05) is 6.07 Å². The summed E-state index contributed by atoms with van der Waals surface area (Å²) in [6.07, 6.45) is 3.33. The Balaban J connectivity index is 2.38. The molecule has 4 nitrogen and oxygen atoms in total. The van der Waals surface area contributed by atoms with E-state index in [0.717, 1.165) is 10.9 Å². The number of nitrogens with two attached hydrogens (primary N) is 1. The van der Waals surface area contributed by atoms with Crippen LogP contribution in [0.4, 0.5) is 5.69 Å². The van der Waals surface area contributed by atoms with Gasteiger partial charge in [-0.3, -0.25) is 4.79 Å². The summed E-state index contributed by atoms with van der Waals surface area (Å²) in [5, 5.41) is 3.60. The number of hydrogen-bond acceptors (Lipinski definition) is 2. The van der Waals surface area contributed by atoms with E-state index in [2.05, 4.69) is 16.9 Å². The maximum absolute atomic E-state index is 11.8. The summed E-state index contributed by atoms with van der Waals surface area (Å²) in [5.74, 6) is -0.115. The lowest BCUT2D eigenvalue weighted by atomic mass is 10.1. The van der Waals surface area contributed by atoms with Crippen molar-refractivity contribution in [3.8, 4) is 0 Å². The second-order valence-electron chi connectivity index (χ2n) is 3.51. The Hall–Kier alpha value is -2.23. The van der Waals surface area contributed by atoms with Crippen LogP contribution in [0, 0.1) is 0 Å². The van der Waals surface area contributed by atoms with E-state index in [0.29, 0.717) is 17.8 Å². The van der Waals surface area contributed by atoms with E-state index in [9.17, 15) is 4.79 Å². The maximum Gasteiger partial charge on any atom is 0.253 e. The van der Waals surface area contributed by atoms with Crippen molar-refractivity contribution in [2.45, 2.75) is 0 Å². The van der Waals surface area contributed by atoms with Gasteiger partial charge in [-0.25, -0.2) is 0 Å². The molecule has 0 bridgehead atoms. The third-order valence-electron chi connectivity index (χ3n) is 2.36. The van der Waals surface area contributed by atoms with E-state index in [4.69, 9.17) is 5.73 Å². The number of amides is 1. The van der Waals surface area contributed by atoms with Crippen LogP contribution in [0.1, 0.15) is 10.4 Å². The number of carbonyl (C=O) groups excluding carboxylic acids is 1. The van der Waals surface area contributed by atoms with Gasteiger partial charge in [0.05, 0.1) is 5.56 Å². The zero-order valence-electron chi connectivity index (χ0n) is 8.79. The van der Waals surface area contributed by atoms with Gasteiger partial charge < -0.3 is 16.0 Å². The van der Waals surface area contributed by atoms with E-state index >= 15 is 0 Å². The third kappa shape index (κ3) is 1.77. The number of aromatic nitrogens is 1. The summed E-state index contributed by atoms with van der Waals surface area (Å²) in [6, 6.07) is 5.42. The van der Waals surface area contributed by atoms with Crippen molar-refractivity contribution in [3.63, 3.8) is 0 Å². The molecule has 0 saturated carbocycles. The Morgan fingerprint density at radius 1 is 1.56 bits per heavy atom. The Labute approximate surface area is 93.1 Å². The van der Waals surface area contributed by atoms with E-state index in [1.54, 1.807) is 24.4 Å². The van der Waals surface area contributed by atoms with Crippen LogP contribution >= 0.6 is 0 Å². The van der Waals surface area contributed by atoms with E-state index < -0.39 is 0 Å². The number of carbonyl (C=O) groups is 1. The first-order valence-electron chi connectivity index (χ1n) is 4.98. The van der Waals surface area contributed by atoms with Gasteiger partial charge in [0.1, 0.15) is 0 Å². The van der Waals surface area contributed by atoms with Crippen LogP contribution in [0.3, 0.4) is 0 Å². The van der Waals surface area contributed by atoms with E-state index in [1.165, 1.54) is 0 Å². The molecule has 0 aliphatic heterocycles. The lowest BCUT2D eigenvalue weighted by molar-refractivity contribution is 0.0959. The molecule has 1 aromatic carbocycles. The fourth-order valence-corrected chi connectivity index (χ4v) is 1.59. The molecule has 0 aliphatic rings. The molecule has 0 unspecified atom stereocenters. The number of nitrogen functional groups attached to an aromatic ring is 1. The largest absolute Gasteiger partial charge is 0.399 e.